The fourth-order valence-corrected chi connectivity index (χ4v) is 2.66. The van der Waals surface area contributed by atoms with Crippen LogP contribution in [-0.4, -0.2) is 34.2 Å². The summed E-state index contributed by atoms with van der Waals surface area (Å²) in [4.78, 5) is 6.57. The summed E-state index contributed by atoms with van der Waals surface area (Å²) < 4.78 is 11.0. The number of hydrogen-bond donors (Lipinski definition) is 1. The highest BCUT2D eigenvalue weighted by Crippen LogP contribution is 2.17. The van der Waals surface area contributed by atoms with Gasteiger partial charge in [0.15, 0.2) is 5.82 Å². The fourth-order valence-electron chi connectivity index (χ4n) is 2.66. The lowest BCUT2D eigenvalue weighted by Crippen LogP contribution is -2.36. The van der Waals surface area contributed by atoms with Gasteiger partial charge in [-0.25, -0.2) is 0 Å². The van der Waals surface area contributed by atoms with Crippen molar-refractivity contribution in [1.82, 2.24) is 15.0 Å². The summed E-state index contributed by atoms with van der Waals surface area (Å²) in [5, 5.41) is 3.94. The summed E-state index contributed by atoms with van der Waals surface area (Å²) in [6.07, 6.45) is 2.41. The number of hydrogen-bond acceptors (Lipinski definition) is 6. The van der Waals surface area contributed by atoms with E-state index < -0.39 is 0 Å². The number of nitrogens with two attached hydrogens (primary N) is 1. The molecular weight excluding hydrogens is 316 g/mol. The fraction of sp³-hybridized carbons (Fsp3) is 0.500. The summed E-state index contributed by atoms with van der Waals surface area (Å²) in [5.74, 6) is 1.21. The first-order chi connectivity index (χ1) is 10.8. The van der Waals surface area contributed by atoms with E-state index >= 15 is 0 Å². The van der Waals surface area contributed by atoms with Crippen LogP contribution in [0.2, 0.25) is 0 Å². The van der Waals surface area contributed by atoms with Crippen molar-refractivity contribution in [1.29, 1.82) is 0 Å². The molecule has 2 aromatic rings. The first kappa shape index (κ1) is 17.9. The third kappa shape index (κ3) is 5.28. The van der Waals surface area contributed by atoms with Crippen LogP contribution < -0.4 is 5.73 Å². The van der Waals surface area contributed by atoms with Crippen molar-refractivity contribution in [3.8, 4) is 0 Å². The largest absolute Gasteiger partial charge is 0.373 e. The van der Waals surface area contributed by atoms with E-state index in [1.54, 1.807) is 0 Å². The molecular formula is C16H23ClN4O2. The van der Waals surface area contributed by atoms with E-state index in [0.717, 1.165) is 32.5 Å². The zero-order valence-corrected chi connectivity index (χ0v) is 13.9. The van der Waals surface area contributed by atoms with E-state index in [-0.39, 0.29) is 12.4 Å². The molecule has 23 heavy (non-hydrogen) atoms. The number of rotatable bonds is 6. The Hall–Kier alpha value is -1.47. The van der Waals surface area contributed by atoms with E-state index in [0.29, 0.717) is 31.0 Å². The van der Waals surface area contributed by atoms with E-state index in [4.69, 9.17) is 15.0 Å². The number of nitrogens with zero attached hydrogens (tertiary/aromatic N) is 3. The van der Waals surface area contributed by atoms with Gasteiger partial charge in [-0.15, -0.1) is 12.4 Å². The summed E-state index contributed by atoms with van der Waals surface area (Å²) in [5.41, 5.74) is 6.70. The maximum absolute atomic E-state index is 6.00. The third-order valence-corrected chi connectivity index (χ3v) is 3.91. The molecule has 3 rings (SSSR count). The van der Waals surface area contributed by atoms with Crippen LogP contribution in [0.15, 0.2) is 34.9 Å². The molecule has 1 aromatic heterocycles. The summed E-state index contributed by atoms with van der Waals surface area (Å²) in [6.45, 7) is 3.69. The smallest absolute Gasteiger partial charge is 0.240 e. The number of likely N-dealkylation sites (tertiary alicyclic amines) is 1. The summed E-state index contributed by atoms with van der Waals surface area (Å²) in [7, 11) is 0. The van der Waals surface area contributed by atoms with Gasteiger partial charge in [0.2, 0.25) is 5.89 Å². The molecule has 0 bridgehead atoms. The topological polar surface area (TPSA) is 77.4 Å². The molecule has 1 aliphatic heterocycles. The Morgan fingerprint density at radius 3 is 2.61 bits per heavy atom. The molecule has 0 atom stereocenters. The quantitative estimate of drug-likeness (QED) is 0.869. The second kappa shape index (κ2) is 8.98. The molecule has 0 aliphatic carbocycles. The first-order valence-electron chi connectivity index (χ1n) is 7.73. The molecule has 1 aromatic carbocycles. The Balaban J connectivity index is 0.00000192. The minimum absolute atomic E-state index is 0. The van der Waals surface area contributed by atoms with Crippen molar-refractivity contribution in [3.63, 3.8) is 0 Å². The number of halogens is 1. The Labute approximate surface area is 142 Å². The van der Waals surface area contributed by atoms with Crippen molar-refractivity contribution in [2.75, 3.05) is 13.1 Å². The zero-order valence-electron chi connectivity index (χ0n) is 13.1. The maximum atomic E-state index is 6.00. The van der Waals surface area contributed by atoms with Gasteiger partial charge in [0, 0.05) is 13.1 Å². The zero-order chi connectivity index (χ0) is 15.2. The molecule has 0 spiro atoms. The second-order valence-electron chi connectivity index (χ2n) is 5.58. The van der Waals surface area contributed by atoms with Crippen LogP contribution >= 0.6 is 12.4 Å². The Bertz CT molecular complexity index is 570. The molecule has 0 saturated carbocycles. The number of aromatic nitrogens is 2. The van der Waals surface area contributed by atoms with Gasteiger partial charge in [-0.2, -0.15) is 4.98 Å². The molecule has 0 unspecified atom stereocenters. The number of piperidine rings is 1. The predicted molar refractivity (Wildman–Crippen MR) is 89.0 cm³/mol. The lowest BCUT2D eigenvalue weighted by molar-refractivity contribution is -0.00446. The molecule has 0 amide bonds. The van der Waals surface area contributed by atoms with Crippen LogP contribution in [0.5, 0.6) is 0 Å². The monoisotopic (exact) mass is 338 g/mol. The molecule has 1 fully saturated rings. The van der Waals surface area contributed by atoms with Crippen molar-refractivity contribution in [2.24, 2.45) is 5.73 Å². The molecule has 2 heterocycles. The van der Waals surface area contributed by atoms with Crippen LogP contribution in [0.25, 0.3) is 0 Å². The first-order valence-corrected chi connectivity index (χ1v) is 7.73. The Morgan fingerprint density at radius 2 is 1.96 bits per heavy atom. The van der Waals surface area contributed by atoms with Crippen molar-refractivity contribution in [3.05, 3.63) is 47.6 Å². The Kier molecular flexibility index (Phi) is 6.98. The van der Waals surface area contributed by atoms with Crippen LogP contribution in [0, 0.1) is 0 Å². The van der Waals surface area contributed by atoms with E-state index in [9.17, 15) is 0 Å². The molecule has 126 valence electrons. The van der Waals surface area contributed by atoms with Gasteiger partial charge < -0.3 is 15.0 Å². The van der Waals surface area contributed by atoms with Crippen LogP contribution in [0.3, 0.4) is 0 Å². The maximum Gasteiger partial charge on any atom is 0.240 e. The van der Waals surface area contributed by atoms with Crippen LogP contribution in [0.4, 0.5) is 0 Å². The van der Waals surface area contributed by atoms with Crippen LogP contribution in [-0.2, 0) is 24.4 Å². The average Bonchev–Trinajstić information content (AvgIpc) is 3.03. The van der Waals surface area contributed by atoms with Crippen molar-refractivity contribution < 1.29 is 9.26 Å². The Morgan fingerprint density at radius 1 is 1.22 bits per heavy atom. The van der Waals surface area contributed by atoms with Gasteiger partial charge >= 0.3 is 0 Å². The third-order valence-electron chi connectivity index (χ3n) is 3.91. The van der Waals surface area contributed by atoms with Gasteiger partial charge in [-0.1, -0.05) is 35.5 Å². The normalized spacial score (nSPS) is 16.2. The average molecular weight is 339 g/mol. The standard InChI is InChI=1S/C16H22N4O2.ClH/c17-10-16-18-15(19-22-16)11-20-8-6-14(7-9-20)21-12-13-4-2-1-3-5-13;/h1-5,14H,6-12,17H2;1H. The van der Waals surface area contributed by atoms with Gasteiger partial charge in [0.25, 0.3) is 0 Å². The van der Waals surface area contributed by atoms with E-state index in [2.05, 4.69) is 27.2 Å². The molecule has 1 aliphatic rings. The minimum atomic E-state index is 0. The summed E-state index contributed by atoms with van der Waals surface area (Å²) >= 11 is 0. The molecule has 7 heteroatoms. The molecule has 0 radical (unpaired) electrons. The number of benzene rings is 1. The predicted octanol–water partition coefficient (Wildman–Crippen LogP) is 2.13. The number of ether oxygens (including phenoxy) is 1. The van der Waals surface area contributed by atoms with Gasteiger partial charge in [-0.3, -0.25) is 4.90 Å². The lowest BCUT2D eigenvalue weighted by Gasteiger charge is -2.31. The minimum Gasteiger partial charge on any atom is -0.373 e. The summed E-state index contributed by atoms with van der Waals surface area (Å²) in [6, 6.07) is 10.3. The lowest BCUT2D eigenvalue weighted by atomic mass is 10.1. The van der Waals surface area contributed by atoms with Gasteiger partial charge in [-0.05, 0) is 18.4 Å². The second-order valence-corrected chi connectivity index (χ2v) is 5.58. The van der Waals surface area contributed by atoms with Gasteiger partial charge in [0.05, 0.1) is 25.8 Å². The van der Waals surface area contributed by atoms with Crippen molar-refractivity contribution >= 4 is 12.4 Å². The highest BCUT2D eigenvalue weighted by atomic mass is 35.5. The van der Waals surface area contributed by atoms with Crippen LogP contribution in [0.1, 0.15) is 30.1 Å². The molecule has 1 saturated heterocycles. The molecule has 2 N–H and O–H groups in total. The highest BCUT2D eigenvalue weighted by molar-refractivity contribution is 5.85. The van der Waals surface area contributed by atoms with E-state index in [1.165, 1.54) is 5.56 Å². The van der Waals surface area contributed by atoms with Gasteiger partial charge in [0.1, 0.15) is 0 Å². The van der Waals surface area contributed by atoms with Crippen molar-refractivity contribution in [2.45, 2.75) is 38.6 Å². The SMILES string of the molecule is Cl.NCc1nc(CN2CCC(OCc3ccccc3)CC2)no1. The highest BCUT2D eigenvalue weighted by Gasteiger charge is 2.21. The molecule has 6 nitrogen and oxygen atoms in total. The van der Waals surface area contributed by atoms with E-state index in [1.807, 2.05) is 18.2 Å².